The molecule has 1 aromatic heterocycles. The van der Waals surface area contributed by atoms with Gasteiger partial charge in [-0.15, -0.1) is 0 Å². The minimum absolute atomic E-state index is 0.0225. The Bertz CT molecular complexity index is 847. The molecule has 2 aromatic carbocycles. The number of nitrogens with one attached hydrogen (secondary N) is 2. The van der Waals surface area contributed by atoms with Crippen LogP contribution in [0, 0.1) is 0 Å². The Morgan fingerprint density at radius 2 is 2.04 bits per heavy atom. The lowest BCUT2D eigenvalue weighted by Crippen LogP contribution is -2.37. The van der Waals surface area contributed by atoms with Gasteiger partial charge >= 0.3 is 0 Å². The van der Waals surface area contributed by atoms with E-state index in [9.17, 15) is 4.79 Å². The van der Waals surface area contributed by atoms with Gasteiger partial charge in [-0.05, 0) is 55.8 Å². The molecule has 1 saturated heterocycles. The lowest BCUT2D eigenvalue weighted by molar-refractivity contribution is 0.0950. The molecule has 2 heterocycles. The van der Waals surface area contributed by atoms with Crippen molar-refractivity contribution in [1.82, 2.24) is 20.2 Å². The summed E-state index contributed by atoms with van der Waals surface area (Å²) in [6.07, 6.45) is 4.13. The maximum absolute atomic E-state index is 12.3. The molecule has 0 unspecified atom stereocenters. The second-order valence-corrected chi connectivity index (χ2v) is 6.15. The second-order valence-electron chi connectivity index (χ2n) is 6.15. The molecule has 3 aromatic rings. The van der Waals surface area contributed by atoms with Gasteiger partial charge in [-0.2, -0.15) is 0 Å². The molecule has 0 bridgehead atoms. The summed E-state index contributed by atoms with van der Waals surface area (Å²) in [6.45, 7) is 1.74. The van der Waals surface area contributed by atoms with E-state index in [-0.39, 0.29) is 5.91 Å². The van der Waals surface area contributed by atoms with E-state index in [0.29, 0.717) is 18.2 Å². The van der Waals surface area contributed by atoms with Crippen LogP contribution in [0.2, 0.25) is 0 Å². The van der Waals surface area contributed by atoms with Crippen molar-refractivity contribution in [1.29, 1.82) is 0 Å². The van der Waals surface area contributed by atoms with Crippen molar-refractivity contribution < 1.29 is 4.79 Å². The lowest BCUT2D eigenvalue weighted by atomic mass is 10.1. The van der Waals surface area contributed by atoms with E-state index in [0.717, 1.165) is 29.7 Å². The Morgan fingerprint density at radius 1 is 1.21 bits per heavy atom. The molecule has 24 heavy (non-hydrogen) atoms. The first kappa shape index (κ1) is 14.9. The topological polar surface area (TPSA) is 59.0 Å². The first-order valence-corrected chi connectivity index (χ1v) is 8.35. The van der Waals surface area contributed by atoms with Gasteiger partial charge in [-0.25, -0.2) is 4.98 Å². The molecule has 1 atom stereocenters. The van der Waals surface area contributed by atoms with Gasteiger partial charge in [-0.3, -0.25) is 9.36 Å². The standard InChI is InChI=1S/C19H20N4O/c24-19(21-12-15-4-3-11-20-15)14-7-9-16(10-8-14)23-13-22-17-5-1-2-6-18(17)23/h1-2,5-10,13,15,20H,3-4,11-12H2,(H,21,24)/t15-/m1/s1. The number of para-hydroxylation sites is 2. The van der Waals surface area contributed by atoms with Gasteiger partial charge in [0.05, 0.1) is 11.0 Å². The van der Waals surface area contributed by atoms with Crippen molar-refractivity contribution >= 4 is 16.9 Å². The number of imidazole rings is 1. The first-order chi connectivity index (χ1) is 11.8. The number of rotatable bonds is 4. The monoisotopic (exact) mass is 320 g/mol. The highest BCUT2D eigenvalue weighted by Crippen LogP contribution is 2.18. The third kappa shape index (κ3) is 2.90. The van der Waals surface area contributed by atoms with Gasteiger partial charge in [0.15, 0.2) is 0 Å². The summed E-state index contributed by atoms with van der Waals surface area (Å²) in [4.78, 5) is 16.7. The van der Waals surface area contributed by atoms with Crippen LogP contribution in [0.25, 0.3) is 16.7 Å². The Kier molecular flexibility index (Phi) is 4.01. The minimum atomic E-state index is -0.0225. The number of benzene rings is 2. The number of amides is 1. The number of carbonyl (C=O) groups is 1. The van der Waals surface area contributed by atoms with Gasteiger partial charge in [0.1, 0.15) is 6.33 Å². The van der Waals surface area contributed by atoms with Crippen LogP contribution in [0.3, 0.4) is 0 Å². The summed E-state index contributed by atoms with van der Waals surface area (Å²) in [7, 11) is 0. The van der Waals surface area contributed by atoms with Gasteiger partial charge in [0, 0.05) is 23.8 Å². The van der Waals surface area contributed by atoms with E-state index < -0.39 is 0 Å². The zero-order valence-corrected chi connectivity index (χ0v) is 13.4. The highest BCUT2D eigenvalue weighted by atomic mass is 16.1. The maximum Gasteiger partial charge on any atom is 0.251 e. The van der Waals surface area contributed by atoms with Crippen molar-refractivity contribution in [2.24, 2.45) is 0 Å². The predicted molar refractivity (Wildman–Crippen MR) is 94.4 cm³/mol. The summed E-state index contributed by atoms with van der Waals surface area (Å²) in [5.41, 5.74) is 3.70. The van der Waals surface area contributed by atoms with Crippen LogP contribution < -0.4 is 10.6 Å². The largest absolute Gasteiger partial charge is 0.350 e. The predicted octanol–water partition coefficient (Wildman–Crippen LogP) is 2.51. The lowest BCUT2D eigenvalue weighted by Gasteiger charge is -2.12. The van der Waals surface area contributed by atoms with Crippen LogP contribution in [0.4, 0.5) is 0 Å². The summed E-state index contributed by atoms with van der Waals surface area (Å²) in [5, 5.41) is 6.39. The van der Waals surface area contributed by atoms with Crippen LogP contribution >= 0.6 is 0 Å². The fourth-order valence-corrected chi connectivity index (χ4v) is 3.19. The molecule has 0 spiro atoms. The zero-order chi connectivity index (χ0) is 16.4. The van der Waals surface area contributed by atoms with Gasteiger partial charge < -0.3 is 10.6 Å². The number of hydrogen-bond donors (Lipinski definition) is 2. The molecule has 0 aliphatic carbocycles. The van der Waals surface area contributed by atoms with E-state index in [1.165, 1.54) is 6.42 Å². The first-order valence-electron chi connectivity index (χ1n) is 8.35. The molecule has 122 valence electrons. The average Bonchev–Trinajstić information content (AvgIpc) is 3.29. The molecule has 1 aliphatic rings. The Balaban J connectivity index is 1.49. The van der Waals surface area contributed by atoms with Gasteiger partial charge in [-0.1, -0.05) is 12.1 Å². The van der Waals surface area contributed by atoms with Crippen molar-refractivity contribution in [3.63, 3.8) is 0 Å². The van der Waals surface area contributed by atoms with Crippen LogP contribution in [0.5, 0.6) is 0 Å². The molecular formula is C19H20N4O. The van der Waals surface area contributed by atoms with E-state index in [2.05, 4.69) is 15.6 Å². The quantitative estimate of drug-likeness (QED) is 0.776. The Labute approximate surface area is 140 Å². The number of nitrogens with zero attached hydrogens (tertiary/aromatic N) is 2. The van der Waals surface area contributed by atoms with Gasteiger partial charge in [0.25, 0.3) is 5.91 Å². The summed E-state index contributed by atoms with van der Waals surface area (Å²) < 4.78 is 2.03. The molecule has 0 saturated carbocycles. The second kappa shape index (κ2) is 6.45. The third-order valence-electron chi connectivity index (χ3n) is 4.53. The maximum atomic E-state index is 12.3. The summed E-state index contributed by atoms with van der Waals surface area (Å²) >= 11 is 0. The van der Waals surface area contributed by atoms with Crippen molar-refractivity contribution in [3.05, 3.63) is 60.4 Å². The molecule has 5 nitrogen and oxygen atoms in total. The zero-order valence-electron chi connectivity index (χ0n) is 13.4. The molecule has 1 fully saturated rings. The average molecular weight is 320 g/mol. The smallest absolute Gasteiger partial charge is 0.251 e. The van der Waals surface area contributed by atoms with Crippen LogP contribution in [-0.2, 0) is 0 Å². The van der Waals surface area contributed by atoms with Crippen molar-refractivity contribution in [2.75, 3.05) is 13.1 Å². The molecular weight excluding hydrogens is 300 g/mol. The third-order valence-corrected chi connectivity index (χ3v) is 4.53. The SMILES string of the molecule is O=C(NC[C@H]1CCCN1)c1ccc(-n2cnc3ccccc32)cc1. The van der Waals surface area contributed by atoms with E-state index in [1.54, 1.807) is 0 Å². The van der Waals surface area contributed by atoms with E-state index in [4.69, 9.17) is 0 Å². The molecule has 1 amide bonds. The number of hydrogen-bond acceptors (Lipinski definition) is 3. The molecule has 2 N–H and O–H groups in total. The molecule has 1 aliphatic heterocycles. The molecule has 0 radical (unpaired) electrons. The van der Waals surface area contributed by atoms with Gasteiger partial charge in [0.2, 0.25) is 0 Å². The highest BCUT2D eigenvalue weighted by molar-refractivity contribution is 5.94. The van der Waals surface area contributed by atoms with Crippen molar-refractivity contribution in [3.8, 4) is 5.69 Å². The molecule has 5 heteroatoms. The Morgan fingerprint density at radius 3 is 2.83 bits per heavy atom. The van der Waals surface area contributed by atoms with Crippen LogP contribution in [-0.4, -0.2) is 34.6 Å². The number of carbonyl (C=O) groups excluding carboxylic acids is 1. The normalized spacial score (nSPS) is 17.2. The number of fused-ring (bicyclic) bond motifs is 1. The van der Waals surface area contributed by atoms with Crippen LogP contribution in [0.15, 0.2) is 54.9 Å². The molecule has 4 rings (SSSR count). The van der Waals surface area contributed by atoms with Crippen LogP contribution in [0.1, 0.15) is 23.2 Å². The highest BCUT2D eigenvalue weighted by Gasteiger charge is 2.15. The van der Waals surface area contributed by atoms with Crippen molar-refractivity contribution in [2.45, 2.75) is 18.9 Å². The Hall–Kier alpha value is -2.66. The number of aromatic nitrogens is 2. The summed E-state index contributed by atoms with van der Waals surface area (Å²) in [5.74, 6) is -0.0225. The summed E-state index contributed by atoms with van der Waals surface area (Å²) in [6, 6.07) is 16.1. The van der Waals surface area contributed by atoms with E-state index in [1.807, 2.05) is 59.4 Å². The minimum Gasteiger partial charge on any atom is -0.350 e. The fraction of sp³-hybridized carbons (Fsp3) is 0.263. The van der Waals surface area contributed by atoms with E-state index >= 15 is 0 Å². The fourth-order valence-electron chi connectivity index (χ4n) is 3.19.